The number of hydrogen-bond donors (Lipinski definition) is 0. The molecule has 246 valence electrons. The molecule has 0 unspecified atom stereocenters. The lowest BCUT2D eigenvalue weighted by atomic mass is 9.97. The lowest BCUT2D eigenvalue weighted by Gasteiger charge is -2.11. The maximum Gasteiger partial charge on any atom is 0.164 e. The minimum absolute atomic E-state index is 0.597. The second-order valence-corrected chi connectivity index (χ2v) is 13.4. The van der Waals surface area contributed by atoms with Crippen LogP contribution in [0, 0.1) is 0 Å². The summed E-state index contributed by atoms with van der Waals surface area (Å²) in [6, 6.07) is 56.8. The number of aromatic nitrogens is 4. The minimum atomic E-state index is 0.597. The molecule has 0 spiro atoms. The van der Waals surface area contributed by atoms with Gasteiger partial charge in [-0.3, -0.25) is 4.98 Å². The van der Waals surface area contributed by atoms with Gasteiger partial charge in [0.05, 0.1) is 5.52 Å². The molecule has 5 heteroatoms. The van der Waals surface area contributed by atoms with Gasteiger partial charge in [0, 0.05) is 39.0 Å². The van der Waals surface area contributed by atoms with Crippen LogP contribution in [0.3, 0.4) is 0 Å². The molecule has 3 heterocycles. The van der Waals surface area contributed by atoms with E-state index in [0.29, 0.717) is 17.5 Å². The van der Waals surface area contributed by atoms with Gasteiger partial charge in [-0.25, -0.2) is 15.0 Å². The van der Waals surface area contributed by atoms with E-state index >= 15 is 0 Å². The van der Waals surface area contributed by atoms with Crippen LogP contribution < -0.4 is 0 Å². The van der Waals surface area contributed by atoms with Gasteiger partial charge in [-0.15, -0.1) is 0 Å². The molecule has 0 fully saturated rings. The van der Waals surface area contributed by atoms with Crippen LogP contribution in [0.4, 0.5) is 0 Å². The van der Waals surface area contributed by atoms with E-state index < -0.39 is 0 Å². The molecule has 0 aliphatic heterocycles. The average molecular weight is 677 g/mol. The van der Waals surface area contributed by atoms with E-state index in [4.69, 9.17) is 19.4 Å². The Bertz CT molecular complexity index is 3030. The molecule has 0 N–H and O–H groups in total. The number of hydrogen-bond acceptors (Lipinski definition) is 5. The fourth-order valence-corrected chi connectivity index (χ4v) is 7.81. The van der Waals surface area contributed by atoms with Crippen molar-refractivity contribution in [3.63, 3.8) is 0 Å². The van der Waals surface area contributed by atoms with E-state index in [2.05, 4.69) is 132 Å². The number of nitrogens with zero attached hydrogens (tertiary/aromatic N) is 4. The van der Waals surface area contributed by atoms with Crippen LogP contribution in [0.1, 0.15) is 0 Å². The second-order valence-electron chi connectivity index (χ2n) is 13.4. The van der Waals surface area contributed by atoms with Crippen LogP contribution in [-0.2, 0) is 0 Å². The maximum atomic E-state index is 6.24. The van der Waals surface area contributed by atoms with Crippen LogP contribution in [0.15, 0.2) is 174 Å². The van der Waals surface area contributed by atoms with E-state index in [1.807, 2.05) is 42.6 Å². The largest absolute Gasteiger partial charge is 0.456 e. The second kappa shape index (κ2) is 11.7. The first kappa shape index (κ1) is 29.5. The topological polar surface area (TPSA) is 64.7 Å². The van der Waals surface area contributed by atoms with Gasteiger partial charge in [0.1, 0.15) is 11.2 Å². The molecule has 0 amide bonds. The van der Waals surface area contributed by atoms with Crippen molar-refractivity contribution in [2.75, 3.05) is 0 Å². The minimum Gasteiger partial charge on any atom is -0.456 e. The monoisotopic (exact) mass is 676 g/mol. The molecular formula is C48H28N4O. The Balaban J connectivity index is 1.02. The summed E-state index contributed by atoms with van der Waals surface area (Å²) >= 11 is 0. The Morgan fingerprint density at radius 3 is 1.72 bits per heavy atom. The first-order valence-electron chi connectivity index (χ1n) is 17.7. The Labute approximate surface area is 304 Å². The summed E-state index contributed by atoms with van der Waals surface area (Å²) < 4.78 is 6.24. The van der Waals surface area contributed by atoms with E-state index in [-0.39, 0.29) is 0 Å². The van der Waals surface area contributed by atoms with Crippen molar-refractivity contribution >= 4 is 32.8 Å². The zero-order valence-electron chi connectivity index (χ0n) is 28.4. The van der Waals surface area contributed by atoms with Crippen LogP contribution in [0.25, 0.3) is 112 Å². The van der Waals surface area contributed by atoms with Crippen LogP contribution in [0.2, 0.25) is 0 Å². The van der Waals surface area contributed by atoms with Gasteiger partial charge in [-0.2, -0.15) is 0 Å². The van der Waals surface area contributed by atoms with Gasteiger partial charge >= 0.3 is 0 Å². The lowest BCUT2D eigenvalue weighted by Crippen LogP contribution is -2.00. The van der Waals surface area contributed by atoms with Gasteiger partial charge in [0.15, 0.2) is 17.5 Å². The molecule has 0 saturated carbocycles. The van der Waals surface area contributed by atoms with E-state index in [9.17, 15) is 0 Å². The number of benzene rings is 7. The van der Waals surface area contributed by atoms with E-state index in [1.165, 1.54) is 27.6 Å². The fraction of sp³-hybridized carbons (Fsp3) is 0. The number of pyridine rings is 1. The summed E-state index contributed by atoms with van der Waals surface area (Å²) in [4.78, 5) is 19.9. The van der Waals surface area contributed by atoms with E-state index in [1.54, 1.807) is 0 Å². The molecule has 0 radical (unpaired) electrons. The molecule has 0 saturated heterocycles. The maximum absolute atomic E-state index is 6.24. The third-order valence-electron chi connectivity index (χ3n) is 10.4. The van der Waals surface area contributed by atoms with Gasteiger partial charge in [0.2, 0.25) is 0 Å². The summed E-state index contributed by atoms with van der Waals surface area (Å²) in [5.74, 6) is 1.82. The fourth-order valence-electron chi connectivity index (χ4n) is 7.81. The Kier molecular flexibility index (Phi) is 6.48. The molecule has 1 aliphatic carbocycles. The molecule has 5 nitrogen and oxygen atoms in total. The van der Waals surface area contributed by atoms with Crippen molar-refractivity contribution in [2.45, 2.75) is 0 Å². The molecule has 11 rings (SSSR count). The number of para-hydroxylation sites is 1. The zero-order chi connectivity index (χ0) is 34.9. The number of rotatable bonds is 5. The molecule has 10 aromatic rings. The van der Waals surface area contributed by atoms with Crippen molar-refractivity contribution in [1.82, 2.24) is 19.9 Å². The van der Waals surface area contributed by atoms with Gasteiger partial charge in [-0.05, 0) is 74.8 Å². The van der Waals surface area contributed by atoms with Gasteiger partial charge < -0.3 is 4.42 Å². The third-order valence-corrected chi connectivity index (χ3v) is 10.4. The van der Waals surface area contributed by atoms with Crippen LogP contribution >= 0.6 is 0 Å². The Morgan fingerprint density at radius 2 is 0.925 bits per heavy atom. The highest BCUT2D eigenvalue weighted by atomic mass is 16.3. The SMILES string of the molecule is c1ccc(-c2ccc(-c3nc(-c4ccc(-c5ccc6c(c5)-c5cccc7nccc-6c57)cc4)nc(-c4cccc5oc6ccccc6c45)n3)cc2)cc1. The summed E-state index contributed by atoms with van der Waals surface area (Å²) in [6.45, 7) is 0. The first-order chi connectivity index (χ1) is 26.2. The Morgan fingerprint density at radius 1 is 0.340 bits per heavy atom. The molecule has 0 bridgehead atoms. The normalized spacial score (nSPS) is 11.8. The van der Waals surface area contributed by atoms with Gasteiger partial charge in [-0.1, -0.05) is 133 Å². The highest BCUT2D eigenvalue weighted by Crippen LogP contribution is 2.47. The predicted molar refractivity (Wildman–Crippen MR) is 214 cm³/mol. The van der Waals surface area contributed by atoms with Crippen molar-refractivity contribution in [3.8, 4) is 78.7 Å². The third kappa shape index (κ3) is 4.79. The highest BCUT2D eigenvalue weighted by Gasteiger charge is 2.22. The molecule has 0 atom stereocenters. The summed E-state index contributed by atoms with van der Waals surface area (Å²) in [5.41, 5.74) is 14.9. The molecule has 7 aromatic carbocycles. The standard InChI is InChI=1S/C48H28N4O/c1-2-8-29(9-3-1)30-16-20-32(21-17-30)46-50-47(52-48(51-46)39-12-7-15-43-45(39)38-10-4-5-14-42(38)53-43)33-22-18-31(19-23-33)34-24-25-35-37-26-27-49-41-13-6-11-36(44(37)41)40(35)28-34/h1-28H. The smallest absolute Gasteiger partial charge is 0.164 e. The molecular weight excluding hydrogens is 649 g/mol. The predicted octanol–water partition coefficient (Wildman–Crippen LogP) is 12.3. The molecule has 1 aliphatic rings. The van der Waals surface area contributed by atoms with E-state index in [0.717, 1.165) is 66.4 Å². The van der Waals surface area contributed by atoms with Crippen molar-refractivity contribution in [3.05, 3.63) is 170 Å². The number of furan rings is 1. The first-order valence-corrected chi connectivity index (χ1v) is 17.7. The summed E-state index contributed by atoms with van der Waals surface area (Å²) in [7, 11) is 0. The van der Waals surface area contributed by atoms with Crippen molar-refractivity contribution < 1.29 is 4.42 Å². The quantitative estimate of drug-likeness (QED) is 0.181. The van der Waals surface area contributed by atoms with Crippen molar-refractivity contribution in [2.24, 2.45) is 0 Å². The summed E-state index contributed by atoms with van der Waals surface area (Å²) in [6.07, 6.45) is 1.90. The summed E-state index contributed by atoms with van der Waals surface area (Å²) in [5, 5.41) is 3.25. The average Bonchev–Trinajstić information content (AvgIpc) is 3.78. The van der Waals surface area contributed by atoms with Gasteiger partial charge in [0.25, 0.3) is 0 Å². The highest BCUT2D eigenvalue weighted by molar-refractivity contribution is 6.15. The Hall–Kier alpha value is -7.24. The van der Waals surface area contributed by atoms with Crippen molar-refractivity contribution in [1.29, 1.82) is 0 Å². The zero-order valence-corrected chi connectivity index (χ0v) is 28.4. The molecule has 53 heavy (non-hydrogen) atoms. The van der Waals surface area contributed by atoms with Crippen LogP contribution in [-0.4, -0.2) is 19.9 Å². The lowest BCUT2D eigenvalue weighted by molar-refractivity contribution is 0.669. The van der Waals surface area contributed by atoms with Crippen LogP contribution in [0.5, 0.6) is 0 Å². The number of fused-ring (bicyclic) bond motifs is 6. The molecule has 3 aromatic heterocycles.